The highest BCUT2D eigenvalue weighted by atomic mass is 16.6. The molecule has 15 heavy (non-hydrogen) atoms. The van der Waals surface area contributed by atoms with E-state index in [-0.39, 0.29) is 24.2 Å². The number of carbonyl (C=O) groups excluding carboxylic acids is 1. The molecule has 0 amide bonds. The number of carbonyl (C=O) groups is 1. The maximum atomic E-state index is 10.9. The maximum Gasteiger partial charge on any atom is 0.303 e. The Balaban J connectivity index is 2.71. The molecule has 4 atom stereocenters. The summed E-state index contributed by atoms with van der Waals surface area (Å²) in [5.74, 6) is -0.339. The lowest BCUT2D eigenvalue weighted by molar-refractivity contribution is -0.202. The highest BCUT2D eigenvalue weighted by molar-refractivity contribution is 6.11. The zero-order chi connectivity index (χ0) is 11.4. The van der Waals surface area contributed by atoms with E-state index in [4.69, 9.17) is 18.9 Å². The van der Waals surface area contributed by atoms with Gasteiger partial charge in [0, 0.05) is 21.1 Å². The van der Waals surface area contributed by atoms with E-state index in [1.54, 1.807) is 14.2 Å². The van der Waals surface area contributed by atoms with Gasteiger partial charge in [0.15, 0.2) is 0 Å². The van der Waals surface area contributed by atoms with Crippen molar-refractivity contribution in [2.45, 2.75) is 31.2 Å². The van der Waals surface area contributed by atoms with Gasteiger partial charge in [-0.3, -0.25) is 4.79 Å². The summed E-state index contributed by atoms with van der Waals surface area (Å²) in [6, 6.07) is -0.176. The van der Waals surface area contributed by atoms with Gasteiger partial charge < -0.3 is 18.9 Å². The van der Waals surface area contributed by atoms with Crippen molar-refractivity contribution in [1.82, 2.24) is 0 Å². The van der Waals surface area contributed by atoms with Crippen molar-refractivity contribution in [3.8, 4) is 0 Å². The molecule has 1 fully saturated rings. The Morgan fingerprint density at radius 2 is 2.00 bits per heavy atom. The van der Waals surface area contributed by atoms with E-state index < -0.39 is 6.10 Å². The minimum absolute atomic E-state index is 0.176. The Hall–Kier alpha value is -0.585. The van der Waals surface area contributed by atoms with Gasteiger partial charge >= 0.3 is 5.97 Å². The fourth-order valence-electron chi connectivity index (χ4n) is 1.76. The van der Waals surface area contributed by atoms with Crippen LogP contribution in [0, 0.1) is 0 Å². The SMILES string of the molecule is B[C@H]1OC[C@@H](OC)[C@H](OC)[C@H]1OC(C)=O. The van der Waals surface area contributed by atoms with Crippen molar-refractivity contribution < 1.29 is 23.7 Å². The van der Waals surface area contributed by atoms with Gasteiger partial charge in [-0.15, -0.1) is 0 Å². The number of methoxy groups -OCH3 is 2. The van der Waals surface area contributed by atoms with Gasteiger partial charge in [0.2, 0.25) is 0 Å². The highest BCUT2D eigenvalue weighted by Gasteiger charge is 2.40. The molecule has 86 valence electrons. The third kappa shape index (κ3) is 2.93. The van der Waals surface area contributed by atoms with Crippen molar-refractivity contribution in [2.24, 2.45) is 0 Å². The summed E-state index contributed by atoms with van der Waals surface area (Å²) < 4.78 is 21.1. The fourth-order valence-corrected chi connectivity index (χ4v) is 1.76. The molecule has 0 aromatic rings. The Morgan fingerprint density at radius 1 is 1.33 bits per heavy atom. The van der Waals surface area contributed by atoms with Gasteiger partial charge in [-0.2, -0.15) is 0 Å². The number of esters is 1. The van der Waals surface area contributed by atoms with E-state index in [0.717, 1.165) is 0 Å². The molecule has 0 N–H and O–H groups in total. The van der Waals surface area contributed by atoms with Crippen LogP contribution < -0.4 is 0 Å². The van der Waals surface area contributed by atoms with Crippen LogP contribution in [0.4, 0.5) is 0 Å². The molecule has 6 heteroatoms. The van der Waals surface area contributed by atoms with Gasteiger partial charge in [-0.05, 0) is 0 Å². The Morgan fingerprint density at radius 3 is 2.47 bits per heavy atom. The minimum atomic E-state index is -0.411. The zero-order valence-electron chi connectivity index (χ0n) is 9.56. The third-order valence-electron chi connectivity index (χ3n) is 2.55. The average Bonchev–Trinajstić information content (AvgIpc) is 2.20. The van der Waals surface area contributed by atoms with E-state index >= 15 is 0 Å². The second-order valence-corrected chi connectivity index (χ2v) is 3.59. The number of rotatable bonds is 3. The van der Waals surface area contributed by atoms with Gasteiger partial charge in [-0.1, -0.05) is 0 Å². The first-order valence-corrected chi connectivity index (χ1v) is 4.94. The summed E-state index contributed by atoms with van der Waals surface area (Å²) in [4.78, 5) is 10.9. The van der Waals surface area contributed by atoms with Crippen LogP contribution in [0.1, 0.15) is 6.92 Å². The van der Waals surface area contributed by atoms with E-state index in [1.165, 1.54) is 6.92 Å². The molecule has 5 nitrogen and oxygen atoms in total. The molecule has 0 unspecified atom stereocenters. The topological polar surface area (TPSA) is 54.0 Å². The summed E-state index contributed by atoms with van der Waals surface area (Å²) in [6.45, 7) is 1.82. The predicted molar refractivity (Wildman–Crippen MR) is 55.4 cm³/mol. The van der Waals surface area contributed by atoms with Crippen LogP contribution in [0.25, 0.3) is 0 Å². The fraction of sp³-hybridized carbons (Fsp3) is 0.889. The Labute approximate surface area is 90.4 Å². The van der Waals surface area contributed by atoms with Crippen LogP contribution in [0.15, 0.2) is 0 Å². The number of hydrogen-bond donors (Lipinski definition) is 0. The molecule has 0 saturated carbocycles. The molecule has 0 spiro atoms. The van der Waals surface area contributed by atoms with Gasteiger partial charge in [0.25, 0.3) is 0 Å². The van der Waals surface area contributed by atoms with E-state index in [2.05, 4.69) is 0 Å². The van der Waals surface area contributed by atoms with Gasteiger partial charge in [0.05, 0.1) is 12.6 Å². The molecular weight excluding hydrogens is 199 g/mol. The zero-order valence-corrected chi connectivity index (χ0v) is 9.56. The molecule has 0 aromatic carbocycles. The van der Waals surface area contributed by atoms with Crippen molar-refractivity contribution in [3.63, 3.8) is 0 Å². The Bertz CT molecular complexity index is 223. The highest BCUT2D eigenvalue weighted by Crippen LogP contribution is 2.21. The molecular formula is C9H17BO5. The van der Waals surface area contributed by atoms with Crippen LogP contribution in [-0.4, -0.2) is 59.0 Å². The third-order valence-corrected chi connectivity index (χ3v) is 2.55. The summed E-state index contributed by atoms with van der Waals surface area (Å²) in [6.07, 6.45) is -0.885. The van der Waals surface area contributed by atoms with E-state index in [1.807, 2.05) is 7.85 Å². The van der Waals surface area contributed by atoms with Crippen molar-refractivity contribution >= 4 is 13.8 Å². The Kier molecular flexibility index (Phi) is 4.57. The minimum Gasteiger partial charge on any atom is -0.458 e. The average molecular weight is 216 g/mol. The molecule has 1 rings (SSSR count). The molecule has 0 radical (unpaired) electrons. The second-order valence-electron chi connectivity index (χ2n) is 3.59. The first-order chi connectivity index (χ1) is 7.10. The largest absolute Gasteiger partial charge is 0.458 e. The predicted octanol–water partition coefficient (Wildman–Crippen LogP) is -1.06. The number of ether oxygens (including phenoxy) is 4. The van der Waals surface area contributed by atoms with Crippen molar-refractivity contribution in [2.75, 3.05) is 20.8 Å². The van der Waals surface area contributed by atoms with Crippen molar-refractivity contribution in [1.29, 1.82) is 0 Å². The monoisotopic (exact) mass is 216 g/mol. The van der Waals surface area contributed by atoms with Crippen LogP contribution in [0.3, 0.4) is 0 Å². The molecule has 1 aliphatic heterocycles. The van der Waals surface area contributed by atoms with Gasteiger partial charge in [-0.25, -0.2) is 0 Å². The number of hydrogen-bond acceptors (Lipinski definition) is 5. The summed E-state index contributed by atoms with van der Waals surface area (Å²) in [5, 5.41) is 0. The van der Waals surface area contributed by atoms with Crippen LogP contribution in [0.2, 0.25) is 0 Å². The quantitative estimate of drug-likeness (QED) is 0.444. The standard InChI is InChI=1S/C9H17BO5/c1-5(11)15-8-7(13-3)6(12-2)4-14-9(8)10/h6-9H,4,10H2,1-3H3/t6-,7+,8-,9+/m1/s1. The molecule has 1 saturated heterocycles. The normalized spacial score (nSPS) is 36.2. The summed E-state index contributed by atoms with van der Waals surface area (Å²) in [5.41, 5.74) is 0. The smallest absolute Gasteiger partial charge is 0.303 e. The van der Waals surface area contributed by atoms with E-state index in [9.17, 15) is 4.79 Å². The molecule has 0 bridgehead atoms. The lowest BCUT2D eigenvalue weighted by atomic mass is 9.86. The van der Waals surface area contributed by atoms with Crippen LogP contribution >= 0.6 is 0 Å². The van der Waals surface area contributed by atoms with E-state index in [0.29, 0.717) is 6.61 Å². The maximum absolute atomic E-state index is 10.9. The lowest BCUT2D eigenvalue weighted by Gasteiger charge is -2.39. The molecule has 0 aromatic heterocycles. The van der Waals surface area contributed by atoms with Gasteiger partial charge in [0.1, 0.15) is 26.2 Å². The van der Waals surface area contributed by atoms with Crippen molar-refractivity contribution in [3.05, 3.63) is 0 Å². The molecule has 0 aliphatic carbocycles. The molecule has 1 heterocycles. The lowest BCUT2D eigenvalue weighted by Crippen LogP contribution is -2.56. The molecule has 1 aliphatic rings. The van der Waals surface area contributed by atoms with Crippen LogP contribution in [-0.2, 0) is 23.7 Å². The first kappa shape index (κ1) is 12.5. The first-order valence-electron chi connectivity index (χ1n) is 4.94. The second kappa shape index (κ2) is 5.49. The van der Waals surface area contributed by atoms with Crippen LogP contribution in [0.5, 0.6) is 0 Å². The summed E-state index contributed by atoms with van der Waals surface area (Å²) >= 11 is 0. The summed E-state index contributed by atoms with van der Waals surface area (Å²) in [7, 11) is 5.01.